The van der Waals surface area contributed by atoms with Gasteiger partial charge in [0, 0.05) is 42.4 Å². The molecule has 4 N–H and O–H groups in total. The van der Waals surface area contributed by atoms with Gasteiger partial charge in [0.05, 0.1) is 32.0 Å². The largest absolute Gasteiger partial charge is 0.493 e. The number of fused-ring (bicyclic) bond motifs is 1. The molecule has 0 bridgehead atoms. The van der Waals surface area contributed by atoms with Crippen LogP contribution in [0.25, 0.3) is 0 Å². The van der Waals surface area contributed by atoms with Crippen LogP contribution in [-0.4, -0.2) is 47.0 Å². The van der Waals surface area contributed by atoms with Crippen LogP contribution >= 0.6 is 0 Å². The number of nitrogens with zero attached hydrogens (tertiary/aromatic N) is 4. The molecule has 0 saturated carbocycles. The minimum atomic E-state index is -0.404. The molecule has 10 nitrogen and oxygen atoms in total. The molecule has 3 aromatic carbocycles. The topological polar surface area (TPSA) is 146 Å². The monoisotopic (exact) mass is 562 g/mol. The number of ketones is 2. The number of benzene rings is 3. The third-order valence-electron chi connectivity index (χ3n) is 6.97. The van der Waals surface area contributed by atoms with Gasteiger partial charge >= 0.3 is 0 Å². The molecule has 2 heterocycles. The van der Waals surface area contributed by atoms with Crippen molar-refractivity contribution >= 4 is 29.5 Å². The molecule has 1 aliphatic rings. The molecule has 0 saturated heterocycles. The summed E-state index contributed by atoms with van der Waals surface area (Å²) in [5, 5.41) is 6.19. The fraction of sp³-hybridized carbons (Fsp3) is 0.156. The number of ether oxygens (including phenoxy) is 2. The number of aromatic nitrogens is 2. The van der Waals surface area contributed by atoms with Crippen LogP contribution < -0.4 is 20.9 Å². The van der Waals surface area contributed by atoms with Gasteiger partial charge in [0.1, 0.15) is 5.82 Å². The number of hydrogen-bond donors (Lipinski definition) is 2. The van der Waals surface area contributed by atoms with Crippen molar-refractivity contribution < 1.29 is 19.1 Å². The number of allylic oxidation sites excluding steroid dienone is 1. The Labute approximate surface area is 243 Å². The van der Waals surface area contributed by atoms with Crippen molar-refractivity contribution in [1.29, 1.82) is 0 Å². The molecule has 1 aromatic heterocycles. The van der Waals surface area contributed by atoms with Gasteiger partial charge in [-0.3, -0.25) is 14.6 Å². The number of nitrogen functional groups attached to an aromatic ring is 2. The summed E-state index contributed by atoms with van der Waals surface area (Å²) in [6.07, 6.45) is 6.78. The van der Waals surface area contributed by atoms with Crippen LogP contribution in [-0.2, 0) is 6.42 Å². The summed E-state index contributed by atoms with van der Waals surface area (Å²) in [6, 6.07) is 20.0. The van der Waals surface area contributed by atoms with Crippen LogP contribution in [0, 0.1) is 0 Å². The van der Waals surface area contributed by atoms with E-state index in [-0.39, 0.29) is 35.3 Å². The van der Waals surface area contributed by atoms with Gasteiger partial charge in [-0.05, 0) is 28.8 Å². The van der Waals surface area contributed by atoms with Crippen LogP contribution in [0.5, 0.6) is 11.5 Å². The highest BCUT2D eigenvalue weighted by atomic mass is 16.5. The van der Waals surface area contributed by atoms with Gasteiger partial charge in [0.2, 0.25) is 5.95 Å². The number of carbonyl (C=O) groups is 2. The van der Waals surface area contributed by atoms with Crippen molar-refractivity contribution in [3.05, 3.63) is 119 Å². The van der Waals surface area contributed by atoms with Crippen molar-refractivity contribution in [3.63, 3.8) is 0 Å². The molecule has 0 spiro atoms. The first kappa shape index (κ1) is 28.0. The number of nitrogens with two attached hydrogens (primary N) is 2. The van der Waals surface area contributed by atoms with E-state index in [0.717, 1.165) is 16.7 Å². The number of anilines is 2. The quantitative estimate of drug-likeness (QED) is 0.209. The third kappa shape index (κ3) is 5.97. The normalized spacial score (nSPS) is 14.0. The Bertz CT molecular complexity index is 1690. The van der Waals surface area contributed by atoms with E-state index in [4.69, 9.17) is 20.9 Å². The maximum Gasteiger partial charge on any atom is 0.221 e. The summed E-state index contributed by atoms with van der Waals surface area (Å²) in [7, 11) is 2.97. The summed E-state index contributed by atoms with van der Waals surface area (Å²) >= 11 is 0. The lowest BCUT2D eigenvalue weighted by molar-refractivity contribution is 0.0942. The van der Waals surface area contributed by atoms with Gasteiger partial charge in [0.25, 0.3) is 0 Å². The van der Waals surface area contributed by atoms with Crippen molar-refractivity contribution in [2.45, 2.75) is 18.9 Å². The first-order valence-corrected chi connectivity index (χ1v) is 13.2. The standard InChI is InChI=1S/C32H30N6O4/c1-41-29-16-20(14-23-18-35-32(34)37-31(23)33)15-25(30(29)42-2)27(39)12-13-38-26(17-28(40)21-8-4-3-5-9-21)24-11-7-6-10-22(24)19-36-38/h3-13,15-16,18-19,26H,14,17H2,1-2H3,(H4,33,34,35,37)/b13-12+. The molecule has 1 atom stereocenters. The van der Waals surface area contributed by atoms with Crippen molar-refractivity contribution in [3.8, 4) is 11.5 Å². The lowest BCUT2D eigenvalue weighted by Crippen LogP contribution is -2.26. The molecule has 1 unspecified atom stereocenters. The molecule has 5 rings (SSSR count). The first-order valence-electron chi connectivity index (χ1n) is 13.2. The molecule has 0 radical (unpaired) electrons. The van der Waals surface area contributed by atoms with Gasteiger partial charge in [-0.2, -0.15) is 10.1 Å². The first-order chi connectivity index (χ1) is 20.4. The molecule has 0 fully saturated rings. The summed E-state index contributed by atoms with van der Waals surface area (Å²) in [4.78, 5) is 34.8. The predicted octanol–water partition coefficient (Wildman–Crippen LogP) is 4.61. The van der Waals surface area contributed by atoms with E-state index in [9.17, 15) is 9.59 Å². The second-order valence-electron chi connectivity index (χ2n) is 9.64. The number of Topliss-reactive ketones (excluding diaryl/α,β-unsaturated/α-hetero) is 1. The van der Waals surface area contributed by atoms with E-state index in [1.807, 2.05) is 42.5 Å². The Kier molecular flexibility index (Phi) is 8.24. The van der Waals surface area contributed by atoms with E-state index in [0.29, 0.717) is 29.0 Å². The van der Waals surface area contributed by atoms with Crippen LogP contribution in [0.3, 0.4) is 0 Å². The molecule has 42 heavy (non-hydrogen) atoms. The molecular formula is C32H30N6O4. The second-order valence-corrected chi connectivity index (χ2v) is 9.64. The number of methoxy groups -OCH3 is 2. The molecular weight excluding hydrogens is 532 g/mol. The number of rotatable bonds is 10. The van der Waals surface area contributed by atoms with Gasteiger partial charge in [-0.15, -0.1) is 0 Å². The molecule has 10 heteroatoms. The fourth-order valence-corrected chi connectivity index (χ4v) is 4.88. The third-order valence-corrected chi connectivity index (χ3v) is 6.97. The number of hydrazone groups is 1. The van der Waals surface area contributed by atoms with Gasteiger partial charge in [0.15, 0.2) is 23.1 Å². The average Bonchev–Trinajstić information content (AvgIpc) is 3.01. The van der Waals surface area contributed by atoms with Gasteiger partial charge in [-0.25, -0.2) is 4.98 Å². The van der Waals surface area contributed by atoms with Crippen LogP contribution in [0.2, 0.25) is 0 Å². The zero-order valence-electron chi connectivity index (χ0n) is 23.2. The maximum absolute atomic E-state index is 13.6. The zero-order chi connectivity index (χ0) is 29.6. The lowest BCUT2D eigenvalue weighted by Gasteiger charge is -2.30. The van der Waals surface area contributed by atoms with Crippen LogP contribution in [0.1, 0.15) is 55.4 Å². The van der Waals surface area contributed by atoms with Crippen molar-refractivity contribution in [2.24, 2.45) is 5.10 Å². The van der Waals surface area contributed by atoms with Crippen LogP contribution in [0.4, 0.5) is 11.8 Å². The fourth-order valence-electron chi connectivity index (χ4n) is 4.88. The van der Waals surface area contributed by atoms with Crippen LogP contribution in [0.15, 0.2) is 90.3 Å². The predicted molar refractivity (Wildman–Crippen MR) is 161 cm³/mol. The SMILES string of the molecule is COc1cc(Cc2cnc(N)nc2N)cc(C(=O)/C=C/N2N=Cc3ccccc3C2CC(=O)c2ccccc2)c1OC. The van der Waals surface area contributed by atoms with E-state index in [1.165, 1.54) is 20.3 Å². The van der Waals surface area contributed by atoms with E-state index in [2.05, 4.69) is 15.1 Å². The minimum Gasteiger partial charge on any atom is -0.493 e. The van der Waals surface area contributed by atoms with E-state index < -0.39 is 6.04 Å². The Balaban J connectivity index is 1.45. The Morgan fingerprint density at radius 2 is 1.76 bits per heavy atom. The second kappa shape index (κ2) is 12.3. The van der Waals surface area contributed by atoms with Gasteiger partial charge < -0.3 is 20.9 Å². The molecule has 0 aliphatic carbocycles. The van der Waals surface area contributed by atoms with E-state index in [1.54, 1.807) is 47.9 Å². The summed E-state index contributed by atoms with van der Waals surface area (Å²) in [5.41, 5.74) is 15.8. The average molecular weight is 563 g/mol. The van der Waals surface area contributed by atoms with E-state index >= 15 is 0 Å². The van der Waals surface area contributed by atoms with Crippen molar-refractivity contribution in [1.82, 2.24) is 15.0 Å². The summed E-state index contributed by atoms with van der Waals surface area (Å²) < 4.78 is 11.1. The number of hydrogen-bond acceptors (Lipinski definition) is 10. The number of carbonyl (C=O) groups excluding carboxylic acids is 2. The molecule has 1 aliphatic heterocycles. The molecule has 4 aromatic rings. The lowest BCUT2D eigenvalue weighted by atomic mass is 9.93. The Morgan fingerprint density at radius 1 is 1.00 bits per heavy atom. The summed E-state index contributed by atoms with van der Waals surface area (Å²) in [5.74, 6) is 0.650. The maximum atomic E-state index is 13.6. The Hall–Kier alpha value is -5.51. The highest BCUT2D eigenvalue weighted by molar-refractivity contribution is 6.07. The highest BCUT2D eigenvalue weighted by Crippen LogP contribution is 2.35. The highest BCUT2D eigenvalue weighted by Gasteiger charge is 2.27. The molecule has 0 amide bonds. The van der Waals surface area contributed by atoms with Crippen molar-refractivity contribution in [2.75, 3.05) is 25.7 Å². The summed E-state index contributed by atoms with van der Waals surface area (Å²) in [6.45, 7) is 0. The Morgan fingerprint density at radius 3 is 2.50 bits per heavy atom. The van der Waals surface area contributed by atoms with Gasteiger partial charge in [-0.1, -0.05) is 54.6 Å². The smallest absolute Gasteiger partial charge is 0.221 e. The zero-order valence-corrected chi connectivity index (χ0v) is 23.2. The molecule has 212 valence electrons. The minimum absolute atomic E-state index is 0.0257.